The number of nitrogens with zero attached hydrogens (tertiary/aromatic N) is 4. The molecule has 1 amide bonds. The fourth-order valence-electron chi connectivity index (χ4n) is 4.46. The van der Waals surface area contributed by atoms with Crippen molar-refractivity contribution in [3.8, 4) is 0 Å². The Morgan fingerprint density at radius 2 is 1.90 bits per heavy atom. The Hall–Kier alpha value is -2.27. The number of carbonyl (C=O) groups is 2. The number of hydrogen-bond donors (Lipinski definition) is 1. The van der Waals surface area contributed by atoms with Gasteiger partial charge < -0.3 is 19.6 Å². The summed E-state index contributed by atoms with van der Waals surface area (Å²) in [5.41, 5.74) is 0.176. The third kappa shape index (κ3) is 5.91. The van der Waals surface area contributed by atoms with Crippen LogP contribution in [0.5, 0.6) is 0 Å². The number of methoxy groups -OCH3 is 1. The normalized spacial score (nSPS) is 26.1. The molecule has 0 bridgehead atoms. The van der Waals surface area contributed by atoms with Crippen LogP contribution in [-0.4, -0.2) is 89.4 Å². The average Bonchev–Trinajstić information content (AvgIpc) is 3.34. The number of aromatic nitrogens is 2. The standard InChI is InChI=1S/C18H26N4O2.C2HF3O2/c1-24-11-15-10-21(9-14-3-4-14)12-18(15)5-8-22(13-18)17(23)16-19-6-2-7-20-16;3-2(4,5)1(6)7/h2,6-7,14-15H,3-5,8-13H2,1H3;(H,6,7)/t15-,18+;/m0./s1. The van der Waals surface area contributed by atoms with E-state index in [1.54, 1.807) is 25.6 Å². The molecule has 2 aliphatic heterocycles. The molecule has 0 unspecified atom stereocenters. The zero-order valence-corrected chi connectivity index (χ0v) is 17.3. The summed E-state index contributed by atoms with van der Waals surface area (Å²) in [6.45, 7) is 5.81. The van der Waals surface area contributed by atoms with Gasteiger partial charge in [0.25, 0.3) is 5.91 Å². The van der Waals surface area contributed by atoms with Crippen LogP contribution in [0, 0.1) is 17.3 Å². The van der Waals surface area contributed by atoms with Crippen molar-refractivity contribution in [3.63, 3.8) is 0 Å². The molecule has 4 rings (SSSR count). The molecule has 31 heavy (non-hydrogen) atoms. The van der Waals surface area contributed by atoms with Crippen molar-refractivity contribution in [2.24, 2.45) is 17.3 Å². The highest BCUT2D eigenvalue weighted by Gasteiger charge is 2.51. The predicted octanol–water partition coefficient (Wildman–Crippen LogP) is 1.93. The maximum Gasteiger partial charge on any atom is 0.490 e. The highest BCUT2D eigenvalue weighted by molar-refractivity contribution is 5.90. The number of ether oxygens (including phenoxy) is 1. The number of likely N-dealkylation sites (tertiary alicyclic amines) is 2. The van der Waals surface area contributed by atoms with Crippen LogP contribution in [0.15, 0.2) is 18.5 Å². The van der Waals surface area contributed by atoms with E-state index in [1.807, 2.05) is 4.90 Å². The second kappa shape index (κ2) is 9.47. The third-order valence-corrected chi connectivity index (χ3v) is 6.14. The van der Waals surface area contributed by atoms with Crippen molar-refractivity contribution in [1.82, 2.24) is 19.8 Å². The summed E-state index contributed by atoms with van der Waals surface area (Å²) >= 11 is 0. The SMILES string of the molecule is COC[C@@H]1CN(CC2CC2)C[C@@]12CCN(C(=O)c1ncccn1)C2.O=C(O)C(F)(F)F. The Morgan fingerprint density at radius 1 is 1.26 bits per heavy atom. The van der Waals surface area contributed by atoms with Gasteiger partial charge in [0.2, 0.25) is 5.82 Å². The predicted molar refractivity (Wildman–Crippen MR) is 103 cm³/mol. The minimum atomic E-state index is -5.08. The molecular formula is C20H27F3N4O4. The van der Waals surface area contributed by atoms with E-state index in [0.29, 0.717) is 11.7 Å². The summed E-state index contributed by atoms with van der Waals surface area (Å²) in [5, 5.41) is 7.12. The van der Waals surface area contributed by atoms with Gasteiger partial charge in [-0.2, -0.15) is 13.2 Å². The molecule has 3 aliphatic rings. The Bertz CT molecular complexity index is 775. The molecule has 172 valence electrons. The number of hydrogen-bond acceptors (Lipinski definition) is 6. The van der Waals surface area contributed by atoms with Crippen LogP contribution < -0.4 is 0 Å². The second-order valence-corrected chi connectivity index (χ2v) is 8.50. The third-order valence-electron chi connectivity index (χ3n) is 6.14. The number of carbonyl (C=O) groups excluding carboxylic acids is 1. The van der Waals surface area contributed by atoms with Crippen molar-refractivity contribution in [2.45, 2.75) is 25.4 Å². The maximum absolute atomic E-state index is 12.7. The fourth-order valence-corrected chi connectivity index (χ4v) is 4.46. The van der Waals surface area contributed by atoms with Gasteiger partial charge in [-0.15, -0.1) is 0 Å². The average molecular weight is 444 g/mol. The van der Waals surface area contributed by atoms with E-state index >= 15 is 0 Å². The van der Waals surface area contributed by atoms with E-state index in [0.717, 1.165) is 45.1 Å². The number of halogens is 3. The molecule has 8 nitrogen and oxygen atoms in total. The zero-order valence-electron chi connectivity index (χ0n) is 17.3. The number of carboxylic acids is 1. The van der Waals surface area contributed by atoms with Gasteiger partial charge >= 0.3 is 12.1 Å². The van der Waals surface area contributed by atoms with Crippen LogP contribution in [0.4, 0.5) is 13.2 Å². The van der Waals surface area contributed by atoms with Gasteiger partial charge in [0.15, 0.2) is 0 Å². The van der Waals surface area contributed by atoms with Crippen molar-refractivity contribution >= 4 is 11.9 Å². The Morgan fingerprint density at radius 3 is 2.45 bits per heavy atom. The molecule has 1 spiro atoms. The van der Waals surface area contributed by atoms with E-state index in [4.69, 9.17) is 14.6 Å². The van der Waals surface area contributed by atoms with Gasteiger partial charge in [0.1, 0.15) is 0 Å². The molecule has 11 heteroatoms. The molecule has 1 N–H and O–H groups in total. The lowest BCUT2D eigenvalue weighted by Gasteiger charge is -2.30. The van der Waals surface area contributed by atoms with Crippen molar-refractivity contribution < 1.29 is 32.6 Å². The topological polar surface area (TPSA) is 95.9 Å². The highest BCUT2D eigenvalue weighted by Crippen LogP contribution is 2.45. The van der Waals surface area contributed by atoms with Crippen molar-refractivity contribution in [2.75, 3.05) is 46.4 Å². The molecule has 3 fully saturated rings. The minimum Gasteiger partial charge on any atom is -0.475 e. The largest absolute Gasteiger partial charge is 0.490 e. The van der Waals surface area contributed by atoms with Gasteiger partial charge in [-0.3, -0.25) is 4.79 Å². The zero-order chi connectivity index (χ0) is 22.6. The van der Waals surface area contributed by atoms with Gasteiger partial charge in [0.05, 0.1) is 6.61 Å². The van der Waals surface area contributed by atoms with Gasteiger partial charge in [0, 0.05) is 63.6 Å². The summed E-state index contributed by atoms with van der Waals surface area (Å²) in [4.78, 5) is 34.4. The van der Waals surface area contributed by atoms with Gasteiger partial charge in [-0.25, -0.2) is 14.8 Å². The van der Waals surface area contributed by atoms with E-state index < -0.39 is 12.1 Å². The Kier molecular flexibility index (Phi) is 7.15. The molecule has 1 aromatic heterocycles. The van der Waals surface area contributed by atoms with E-state index in [9.17, 15) is 18.0 Å². The van der Waals surface area contributed by atoms with E-state index in [2.05, 4.69) is 14.9 Å². The smallest absolute Gasteiger partial charge is 0.475 e. The molecule has 0 radical (unpaired) electrons. The Labute approximate surface area is 178 Å². The monoisotopic (exact) mass is 444 g/mol. The summed E-state index contributed by atoms with van der Waals surface area (Å²) in [6, 6.07) is 1.74. The molecule has 1 aromatic rings. The number of rotatable bonds is 5. The number of alkyl halides is 3. The lowest BCUT2D eigenvalue weighted by atomic mass is 9.77. The summed E-state index contributed by atoms with van der Waals surface area (Å²) < 4.78 is 37.2. The first kappa shape index (κ1) is 23.4. The molecule has 0 aromatic carbocycles. The number of amides is 1. The van der Waals surface area contributed by atoms with Gasteiger partial charge in [-0.1, -0.05) is 0 Å². The summed E-state index contributed by atoms with van der Waals surface area (Å²) in [5.74, 6) is -1.07. The summed E-state index contributed by atoms with van der Waals surface area (Å²) in [7, 11) is 1.78. The molecule has 2 saturated heterocycles. The lowest BCUT2D eigenvalue weighted by Crippen LogP contribution is -2.38. The first-order chi connectivity index (χ1) is 14.6. The molecule has 3 heterocycles. The van der Waals surface area contributed by atoms with Crippen molar-refractivity contribution in [3.05, 3.63) is 24.3 Å². The summed E-state index contributed by atoms with van der Waals surface area (Å²) in [6.07, 6.45) is 2.00. The molecule has 2 atom stereocenters. The second-order valence-electron chi connectivity index (χ2n) is 8.50. The van der Waals surface area contributed by atoms with Crippen LogP contribution in [0.2, 0.25) is 0 Å². The van der Waals surface area contributed by atoms with Crippen LogP contribution in [-0.2, 0) is 9.53 Å². The lowest BCUT2D eigenvalue weighted by molar-refractivity contribution is -0.192. The minimum absolute atomic E-state index is 0.0377. The maximum atomic E-state index is 12.7. The number of aliphatic carboxylic acids is 1. The molecule has 1 saturated carbocycles. The Balaban J connectivity index is 0.000000339. The van der Waals surface area contributed by atoms with E-state index in [1.165, 1.54) is 19.4 Å². The first-order valence-electron chi connectivity index (χ1n) is 10.2. The number of carboxylic acid groups (broad SMARTS) is 1. The quantitative estimate of drug-likeness (QED) is 0.741. The van der Waals surface area contributed by atoms with E-state index in [-0.39, 0.29) is 11.3 Å². The molecular weight excluding hydrogens is 417 g/mol. The van der Waals surface area contributed by atoms with Crippen LogP contribution in [0.25, 0.3) is 0 Å². The first-order valence-corrected chi connectivity index (χ1v) is 10.2. The molecule has 1 aliphatic carbocycles. The van der Waals surface area contributed by atoms with Crippen LogP contribution >= 0.6 is 0 Å². The van der Waals surface area contributed by atoms with Crippen molar-refractivity contribution in [1.29, 1.82) is 0 Å². The van der Waals surface area contributed by atoms with Crippen LogP contribution in [0.3, 0.4) is 0 Å². The van der Waals surface area contributed by atoms with Gasteiger partial charge in [-0.05, 0) is 31.2 Å². The fraction of sp³-hybridized carbons (Fsp3) is 0.700. The van der Waals surface area contributed by atoms with Crippen LogP contribution in [0.1, 0.15) is 29.9 Å². The highest BCUT2D eigenvalue weighted by atomic mass is 19.4.